The van der Waals surface area contributed by atoms with Crippen molar-refractivity contribution in [1.82, 2.24) is 25.5 Å². The van der Waals surface area contributed by atoms with E-state index in [9.17, 15) is 13.6 Å². The molecule has 37 heavy (non-hydrogen) atoms. The first-order chi connectivity index (χ1) is 17.9. The monoisotopic (exact) mass is 510 g/mol. The zero-order valence-electron chi connectivity index (χ0n) is 19.6. The van der Waals surface area contributed by atoms with E-state index in [0.717, 1.165) is 12.1 Å². The van der Waals surface area contributed by atoms with Crippen molar-refractivity contribution >= 4 is 11.9 Å². The summed E-state index contributed by atoms with van der Waals surface area (Å²) in [5.74, 6) is -1.59. The molecule has 0 spiro atoms. The summed E-state index contributed by atoms with van der Waals surface area (Å²) in [5.41, 5.74) is 0.334. The summed E-state index contributed by atoms with van der Waals surface area (Å²) in [5, 5.41) is 13.3. The molecule has 2 aromatic carbocycles. The average molecular weight is 510 g/mol. The molecule has 4 aromatic rings. The summed E-state index contributed by atoms with van der Waals surface area (Å²) in [6.07, 6.45) is 1.32. The van der Waals surface area contributed by atoms with Crippen LogP contribution < -0.4 is 24.8 Å². The van der Waals surface area contributed by atoms with Gasteiger partial charge in [-0.15, -0.1) is 5.10 Å². The number of rotatable bonds is 8. The van der Waals surface area contributed by atoms with Gasteiger partial charge >= 0.3 is 6.01 Å². The number of benzene rings is 2. The van der Waals surface area contributed by atoms with Gasteiger partial charge in [0.25, 0.3) is 0 Å². The number of anilines is 1. The lowest BCUT2D eigenvalue weighted by Gasteiger charge is -2.19. The molecule has 1 amide bonds. The first-order valence-corrected chi connectivity index (χ1v) is 11.0. The molecule has 0 saturated carbocycles. The van der Waals surface area contributed by atoms with Gasteiger partial charge in [0, 0.05) is 35.7 Å². The first kappa shape index (κ1) is 23.9. The van der Waals surface area contributed by atoms with Gasteiger partial charge in [-0.1, -0.05) is 5.10 Å². The Balaban J connectivity index is 1.30. The lowest BCUT2D eigenvalue weighted by Crippen LogP contribution is -2.33. The number of halogens is 2. The average Bonchev–Trinajstić information content (AvgIpc) is 3.51. The van der Waals surface area contributed by atoms with Gasteiger partial charge in [0.05, 0.1) is 20.3 Å². The van der Waals surface area contributed by atoms with Crippen LogP contribution in [0.3, 0.4) is 0 Å². The van der Waals surface area contributed by atoms with Gasteiger partial charge in [0.15, 0.2) is 0 Å². The summed E-state index contributed by atoms with van der Waals surface area (Å²) in [7, 11) is 2.80. The second kappa shape index (κ2) is 10.0. The lowest BCUT2D eigenvalue weighted by molar-refractivity contribution is -0.119. The van der Waals surface area contributed by atoms with Crippen LogP contribution in [0.1, 0.15) is 11.5 Å². The molecule has 1 aliphatic rings. The van der Waals surface area contributed by atoms with Crippen molar-refractivity contribution in [3.05, 3.63) is 66.0 Å². The highest BCUT2D eigenvalue weighted by Gasteiger charge is 2.40. The quantitative estimate of drug-likeness (QED) is 0.364. The molecule has 2 atom stereocenters. The molecule has 0 aliphatic carbocycles. The van der Waals surface area contributed by atoms with Crippen molar-refractivity contribution < 1.29 is 32.2 Å². The zero-order valence-corrected chi connectivity index (χ0v) is 19.6. The third kappa shape index (κ3) is 4.96. The number of amides is 1. The second-order valence-corrected chi connectivity index (χ2v) is 7.92. The number of carbonyl (C=O) groups is 1. The van der Waals surface area contributed by atoms with E-state index in [1.165, 1.54) is 20.5 Å². The molecule has 0 bridgehead atoms. The zero-order chi connectivity index (χ0) is 25.9. The Morgan fingerprint density at radius 2 is 1.70 bits per heavy atom. The minimum atomic E-state index is -1.04. The maximum atomic E-state index is 14.7. The Morgan fingerprint density at radius 1 is 0.973 bits per heavy atom. The Kier molecular flexibility index (Phi) is 6.49. The second-order valence-electron chi connectivity index (χ2n) is 7.92. The van der Waals surface area contributed by atoms with Crippen LogP contribution in [0.4, 0.5) is 14.8 Å². The largest absolute Gasteiger partial charge is 0.497 e. The molecule has 5 rings (SSSR count). The molecule has 13 heteroatoms. The summed E-state index contributed by atoms with van der Waals surface area (Å²) < 4.78 is 50.6. The van der Waals surface area contributed by atoms with Crippen molar-refractivity contribution in [1.29, 1.82) is 0 Å². The molecule has 190 valence electrons. The van der Waals surface area contributed by atoms with Gasteiger partial charge in [0.1, 0.15) is 35.5 Å². The predicted molar refractivity (Wildman–Crippen MR) is 124 cm³/mol. The van der Waals surface area contributed by atoms with Crippen molar-refractivity contribution in [3.8, 4) is 34.7 Å². The topological polar surface area (TPSA) is 134 Å². The summed E-state index contributed by atoms with van der Waals surface area (Å²) in [4.78, 5) is 20.4. The molecular formula is C24H20F2N6O5. The fourth-order valence-electron chi connectivity index (χ4n) is 3.90. The summed E-state index contributed by atoms with van der Waals surface area (Å²) in [6.45, 7) is 0.0251. The summed E-state index contributed by atoms with van der Waals surface area (Å²) in [6, 6.07) is 9.30. The van der Waals surface area contributed by atoms with Crippen molar-refractivity contribution in [2.75, 3.05) is 26.1 Å². The summed E-state index contributed by atoms with van der Waals surface area (Å²) >= 11 is 0. The Hall–Kier alpha value is -4.81. The van der Waals surface area contributed by atoms with Crippen LogP contribution in [-0.4, -0.2) is 52.9 Å². The minimum Gasteiger partial charge on any atom is -0.497 e. The smallest absolute Gasteiger partial charge is 0.316 e. The SMILES string of the molecule is COc1cc(F)c([C@@H]2CNC(=O)[C@H]2Nc2nnc(-c3ccc(Oc4cc(OC)ncn4)cc3)o2)c(F)c1. The van der Waals surface area contributed by atoms with Gasteiger partial charge in [-0.3, -0.25) is 4.79 Å². The van der Waals surface area contributed by atoms with E-state index in [0.29, 0.717) is 23.1 Å². The van der Waals surface area contributed by atoms with Gasteiger partial charge in [-0.2, -0.15) is 0 Å². The Bertz CT molecular complexity index is 1410. The van der Waals surface area contributed by atoms with Crippen molar-refractivity contribution in [2.45, 2.75) is 12.0 Å². The molecular weight excluding hydrogens is 490 g/mol. The van der Waals surface area contributed by atoms with E-state index >= 15 is 0 Å². The third-order valence-electron chi connectivity index (χ3n) is 5.69. The van der Waals surface area contributed by atoms with Crippen molar-refractivity contribution in [2.24, 2.45) is 0 Å². The Labute approximate surface area is 208 Å². The maximum Gasteiger partial charge on any atom is 0.316 e. The van der Waals surface area contributed by atoms with E-state index in [4.69, 9.17) is 18.6 Å². The van der Waals surface area contributed by atoms with Gasteiger partial charge in [-0.05, 0) is 24.3 Å². The molecule has 1 saturated heterocycles. The van der Waals surface area contributed by atoms with E-state index in [-0.39, 0.29) is 29.8 Å². The fraction of sp³-hybridized carbons (Fsp3) is 0.208. The number of aromatic nitrogens is 4. The van der Waals surface area contributed by atoms with Gasteiger partial charge < -0.3 is 29.3 Å². The van der Waals surface area contributed by atoms with Gasteiger partial charge in [-0.25, -0.2) is 18.7 Å². The van der Waals surface area contributed by atoms with Crippen LogP contribution in [0.15, 0.2) is 53.2 Å². The lowest BCUT2D eigenvalue weighted by atomic mass is 9.93. The number of ether oxygens (including phenoxy) is 3. The van der Waals surface area contributed by atoms with E-state index in [1.54, 1.807) is 30.3 Å². The molecule has 11 nitrogen and oxygen atoms in total. The Morgan fingerprint density at radius 3 is 2.41 bits per heavy atom. The molecule has 3 heterocycles. The van der Waals surface area contributed by atoms with Crippen molar-refractivity contribution in [3.63, 3.8) is 0 Å². The highest BCUT2D eigenvalue weighted by molar-refractivity contribution is 5.88. The van der Waals surface area contributed by atoms with E-state index in [1.807, 2.05) is 0 Å². The van der Waals surface area contributed by atoms with Gasteiger partial charge in [0.2, 0.25) is 23.6 Å². The van der Waals surface area contributed by atoms with Crippen LogP contribution in [-0.2, 0) is 4.79 Å². The molecule has 2 N–H and O–H groups in total. The molecule has 0 unspecified atom stereocenters. The molecule has 2 aromatic heterocycles. The normalized spacial score (nSPS) is 16.8. The molecule has 1 fully saturated rings. The third-order valence-corrected chi connectivity index (χ3v) is 5.69. The van der Waals surface area contributed by atoms with E-state index in [2.05, 4.69) is 30.8 Å². The number of nitrogens with one attached hydrogen (secondary N) is 2. The van der Waals surface area contributed by atoms with Crippen LogP contribution >= 0.6 is 0 Å². The van der Waals surface area contributed by atoms with Crippen LogP contribution in [0.25, 0.3) is 11.5 Å². The fourth-order valence-corrected chi connectivity index (χ4v) is 3.90. The number of hydrogen-bond donors (Lipinski definition) is 2. The number of nitrogens with zero attached hydrogens (tertiary/aromatic N) is 4. The first-order valence-electron chi connectivity index (χ1n) is 11.0. The standard InChI is InChI=1S/C24H20F2N6O5/c1-34-14-7-16(25)20(17(26)8-14)15-10-27-22(33)21(15)30-24-32-31-23(37-24)12-3-5-13(6-4-12)36-19-9-18(35-2)28-11-29-19/h3-9,11,15,21H,10H2,1-2H3,(H,27,33)(H,30,32)/t15-,21-/m0/s1. The minimum absolute atomic E-state index is 0.0251. The van der Waals surface area contributed by atoms with Crippen LogP contribution in [0.2, 0.25) is 0 Å². The van der Waals surface area contributed by atoms with Crippen LogP contribution in [0, 0.1) is 11.6 Å². The predicted octanol–water partition coefficient (Wildman–Crippen LogP) is 3.31. The highest BCUT2D eigenvalue weighted by Crippen LogP contribution is 2.33. The number of hydrogen-bond acceptors (Lipinski definition) is 10. The van der Waals surface area contributed by atoms with E-state index < -0.39 is 29.5 Å². The number of methoxy groups -OCH3 is 2. The highest BCUT2D eigenvalue weighted by atomic mass is 19.1. The van der Waals surface area contributed by atoms with Crippen LogP contribution in [0.5, 0.6) is 23.3 Å². The number of carbonyl (C=O) groups excluding carboxylic acids is 1. The molecule has 1 aliphatic heterocycles. The molecule has 0 radical (unpaired) electrons. The maximum absolute atomic E-state index is 14.7.